The lowest BCUT2D eigenvalue weighted by molar-refractivity contribution is 0.473. The van der Waals surface area contributed by atoms with E-state index < -0.39 is 0 Å². The lowest BCUT2D eigenvalue weighted by atomic mass is 9.77. The van der Waals surface area contributed by atoms with Crippen molar-refractivity contribution < 1.29 is 5.11 Å². The van der Waals surface area contributed by atoms with Gasteiger partial charge in [0.1, 0.15) is 5.75 Å². The van der Waals surface area contributed by atoms with E-state index in [1.807, 2.05) is 24.5 Å². The van der Waals surface area contributed by atoms with E-state index in [0.717, 1.165) is 12.8 Å². The van der Waals surface area contributed by atoms with E-state index in [2.05, 4.69) is 54.4 Å². The molecule has 2 heteroatoms. The van der Waals surface area contributed by atoms with Crippen LogP contribution in [0.3, 0.4) is 0 Å². The standard InChI is InChI=1S/C22H23NO/c1-2-21(18-8-10-20(24)11-9-18)22(19-12-14-23-15-13-19)16-17-6-4-3-5-7-17/h3-15,21-22,24H,2,16H2,1H3/t21-,22+/m0/s1. The van der Waals surface area contributed by atoms with Gasteiger partial charge in [-0.15, -0.1) is 0 Å². The molecule has 0 spiro atoms. The van der Waals surface area contributed by atoms with Crippen LogP contribution in [0.2, 0.25) is 0 Å². The van der Waals surface area contributed by atoms with Crippen molar-refractivity contribution in [1.82, 2.24) is 4.98 Å². The molecule has 0 fully saturated rings. The summed E-state index contributed by atoms with van der Waals surface area (Å²) in [7, 11) is 0. The molecule has 0 aliphatic carbocycles. The quantitative estimate of drug-likeness (QED) is 0.668. The minimum atomic E-state index is 0.317. The Morgan fingerprint density at radius 1 is 0.792 bits per heavy atom. The molecular formula is C22H23NO. The first kappa shape index (κ1) is 16.3. The Morgan fingerprint density at radius 2 is 1.42 bits per heavy atom. The fraction of sp³-hybridized carbons (Fsp3) is 0.227. The normalized spacial score (nSPS) is 13.4. The number of rotatable bonds is 6. The third-order valence-electron chi connectivity index (χ3n) is 4.68. The summed E-state index contributed by atoms with van der Waals surface area (Å²) in [5.74, 6) is 1.09. The molecule has 1 aromatic heterocycles. The van der Waals surface area contributed by atoms with Crippen LogP contribution in [0.5, 0.6) is 5.75 Å². The molecule has 0 aliphatic rings. The van der Waals surface area contributed by atoms with Gasteiger partial charge in [-0.05, 0) is 65.6 Å². The molecule has 1 heterocycles. The molecule has 0 bridgehead atoms. The molecule has 0 unspecified atom stereocenters. The summed E-state index contributed by atoms with van der Waals surface area (Å²) in [6.07, 6.45) is 5.78. The second-order valence-electron chi connectivity index (χ2n) is 6.18. The van der Waals surface area contributed by atoms with Gasteiger partial charge in [-0.2, -0.15) is 0 Å². The largest absolute Gasteiger partial charge is 0.508 e. The van der Waals surface area contributed by atoms with Crippen molar-refractivity contribution in [3.05, 3.63) is 95.8 Å². The van der Waals surface area contributed by atoms with E-state index in [0.29, 0.717) is 17.6 Å². The van der Waals surface area contributed by atoms with Crippen LogP contribution in [0.1, 0.15) is 41.9 Å². The van der Waals surface area contributed by atoms with Crippen LogP contribution in [-0.2, 0) is 6.42 Å². The van der Waals surface area contributed by atoms with Crippen molar-refractivity contribution in [3.63, 3.8) is 0 Å². The topological polar surface area (TPSA) is 33.1 Å². The Hall–Kier alpha value is -2.61. The summed E-state index contributed by atoms with van der Waals surface area (Å²) in [6, 6.07) is 22.5. The third-order valence-corrected chi connectivity index (χ3v) is 4.68. The number of pyridine rings is 1. The predicted molar refractivity (Wildman–Crippen MR) is 98.3 cm³/mol. The van der Waals surface area contributed by atoms with Crippen LogP contribution < -0.4 is 0 Å². The van der Waals surface area contributed by atoms with Crippen molar-refractivity contribution in [2.75, 3.05) is 0 Å². The first-order valence-electron chi connectivity index (χ1n) is 8.50. The molecule has 2 aromatic carbocycles. The van der Waals surface area contributed by atoms with Crippen LogP contribution in [0.25, 0.3) is 0 Å². The highest BCUT2D eigenvalue weighted by Gasteiger charge is 2.24. The zero-order valence-electron chi connectivity index (χ0n) is 14.0. The molecular weight excluding hydrogens is 294 g/mol. The summed E-state index contributed by atoms with van der Waals surface area (Å²) < 4.78 is 0. The highest BCUT2D eigenvalue weighted by molar-refractivity contribution is 5.33. The molecule has 1 N–H and O–H groups in total. The zero-order valence-corrected chi connectivity index (χ0v) is 14.0. The maximum atomic E-state index is 9.59. The first-order valence-corrected chi connectivity index (χ1v) is 8.50. The second-order valence-corrected chi connectivity index (χ2v) is 6.18. The molecule has 0 aliphatic heterocycles. The molecule has 0 amide bonds. The lowest BCUT2D eigenvalue weighted by Crippen LogP contribution is -2.14. The van der Waals surface area contributed by atoms with Gasteiger partial charge in [-0.1, -0.05) is 49.4 Å². The number of nitrogens with zero attached hydrogens (tertiary/aromatic N) is 1. The van der Waals surface area contributed by atoms with E-state index in [1.54, 1.807) is 12.1 Å². The molecule has 122 valence electrons. The Labute approximate surface area is 143 Å². The van der Waals surface area contributed by atoms with Gasteiger partial charge in [0.2, 0.25) is 0 Å². The number of hydrogen-bond donors (Lipinski definition) is 1. The average Bonchev–Trinajstić information content (AvgIpc) is 2.64. The van der Waals surface area contributed by atoms with E-state index in [9.17, 15) is 5.11 Å². The fourth-order valence-electron chi connectivity index (χ4n) is 3.45. The van der Waals surface area contributed by atoms with Crippen LogP contribution in [0.4, 0.5) is 0 Å². The lowest BCUT2D eigenvalue weighted by Gasteiger charge is -2.27. The first-order chi connectivity index (χ1) is 11.8. The molecule has 3 rings (SSSR count). The summed E-state index contributed by atoms with van der Waals surface area (Å²) in [5.41, 5.74) is 3.93. The van der Waals surface area contributed by atoms with Crippen molar-refractivity contribution in [1.29, 1.82) is 0 Å². The molecule has 3 aromatic rings. The zero-order chi connectivity index (χ0) is 16.8. The molecule has 24 heavy (non-hydrogen) atoms. The van der Waals surface area contributed by atoms with Gasteiger partial charge in [-0.3, -0.25) is 4.98 Å². The van der Waals surface area contributed by atoms with Gasteiger partial charge in [0.25, 0.3) is 0 Å². The summed E-state index contributed by atoms with van der Waals surface area (Å²) >= 11 is 0. The molecule has 2 nitrogen and oxygen atoms in total. The number of hydrogen-bond acceptors (Lipinski definition) is 2. The van der Waals surface area contributed by atoms with Crippen molar-refractivity contribution >= 4 is 0 Å². The second kappa shape index (κ2) is 7.78. The van der Waals surface area contributed by atoms with Gasteiger partial charge >= 0.3 is 0 Å². The van der Waals surface area contributed by atoms with Gasteiger partial charge in [0, 0.05) is 12.4 Å². The maximum Gasteiger partial charge on any atom is 0.115 e. The highest BCUT2D eigenvalue weighted by atomic mass is 16.3. The molecule has 0 saturated carbocycles. The van der Waals surface area contributed by atoms with Gasteiger partial charge in [0.15, 0.2) is 0 Å². The van der Waals surface area contributed by atoms with Crippen LogP contribution in [-0.4, -0.2) is 10.1 Å². The van der Waals surface area contributed by atoms with Gasteiger partial charge < -0.3 is 5.11 Å². The average molecular weight is 317 g/mol. The Kier molecular flexibility index (Phi) is 5.27. The molecule has 0 saturated heterocycles. The highest BCUT2D eigenvalue weighted by Crippen LogP contribution is 2.38. The molecule has 0 radical (unpaired) electrons. The summed E-state index contributed by atoms with van der Waals surface area (Å²) in [4.78, 5) is 4.17. The number of phenolic OH excluding ortho intramolecular Hbond substituents is 1. The number of aromatic nitrogens is 1. The van der Waals surface area contributed by atoms with Crippen molar-refractivity contribution in [2.24, 2.45) is 0 Å². The van der Waals surface area contributed by atoms with Crippen molar-refractivity contribution in [3.8, 4) is 5.75 Å². The minimum Gasteiger partial charge on any atom is -0.508 e. The van der Waals surface area contributed by atoms with Gasteiger partial charge in [0.05, 0.1) is 0 Å². The summed E-state index contributed by atoms with van der Waals surface area (Å²) in [6.45, 7) is 2.23. The molecule has 2 atom stereocenters. The monoisotopic (exact) mass is 317 g/mol. The maximum absolute atomic E-state index is 9.59. The van der Waals surface area contributed by atoms with Crippen molar-refractivity contribution in [2.45, 2.75) is 31.6 Å². The van der Waals surface area contributed by atoms with E-state index in [-0.39, 0.29) is 0 Å². The van der Waals surface area contributed by atoms with Crippen LogP contribution >= 0.6 is 0 Å². The fourth-order valence-corrected chi connectivity index (χ4v) is 3.45. The SMILES string of the molecule is CC[C@@H](c1ccc(O)cc1)[C@H](Cc1ccccc1)c1ccncc1. The van der Waals surface area contributed by atoms with E-state index >= 15 is 0 Å². The number of benzene rings is 2. The third kappa shape index (κ3) is 3.83. The minimum absolute atomic E-state index is 0.317. The predicted octanol–water partition coefficient (Wildman–Crippen LogP) is 5.31. The Bertz CT molecular complexity index is 738. The van der Waals surface area contributed by atoms with Crippen LogP contribution in [0.15, 0.2) is 79.1 Å². The number of aromatic hydroxyl groups is 1. The number of phenols is 1. The van der Waals surface area contributed by atoms with E-state index in [1.165, 1.54) is 16.7 Å². The van der Waals surface area contributed by atoms with Gasteiger partial charge in [-0.25, -0.2) is 0 Å². The summed E-state index contributed by atoms with van der Waals surface area (Å²) in [5, 5.41) is 9.59. The van der Waals surface area contributed by atoms with E-state index in [4.69, 9.17) is 0 Å². The van der Waals surface area contributed by atoms with Crippen LogP contribution in [0, 0.1) is 0 Å². The Morgan fingerprint density at radius 3 is 2.04 bits per heavy atom. The Balaban J connectivity index is 1.97. The smallest absolute Gasteiger partial charge is 0.115 e.